The number of benzene rings is 2. The zero-order chi connectivity index (χ0) is 48.0. The maximum absolute atomic E-state index is 13.4. The molecule has 0 unspecified atom stereocenters. The van der Waals surface area contributed by atoms with Gasteiger partial charge in [-0.2, -0.15) is 52.2 Å². The Balaban J connectivity index is 0.000000314. The van der Waals surface area contributed by atoms with Crippen LogP contribution in [0.2, 0.25) is 0 Å². The van der Waals surface area contributed by atoms with Crippen LogP contribution in [0.15, 0.2) is 107 Å². The molecule has 8 aromatic rings. The molecule has 0 saturated carbocycles. The van der Waals surface area contributed by atoms with E-state index in [1.165, 1.54) is 11.3 Å². The zero-order valence-corrected chi connectivity index (χ0v) is 47.8. The molecular weight excluding hydrogens is 1180 g/mol. The van der Waals surface area contributed by atoms with E-state index in [1.807, 2.05) is 106 Å². The molecule has 0 spiro atoms. The van der Waals surface area contributed by atoms with Crippen LogP contribution in [0.1, 0.15) is 109 Å². The molecule has 360 valence electrons. The fourth-order valence-electron chi connectivity index (χ4n) is 6.28. The molecule has 0 saturated heterocycles. The van der Waals surface area contributed by atoms with Crippen molar-refractivity contribution < 1.29 is 46.6 Å². The number of nitrogens with one attached hydrogen (secondary N) is 1. The van der Waals surface area contributed by atoms with Gasteiger partial charge in [0.1, 0.15) is 5.60 Å². The summed E-state index contributed by atoms with van der Waals surface area (Å²) in [6.45, 7) is 22.3. The van der Waals surface area contributed by atoms with Gasteiger partial charge in [-0.25, -0.2) is 29.0 Å². The van der Waals surface area contributed by atoms with Crippen molar-refractivity contribution in [3.63, 3.8) is 0 Å². The van der Waals surface area contributed by atoms with Gasteiger partial charge in [-0.3, -0.25) is 4.43 Å². The SMILES string of the molecule is CC(C)c1cnn2c(N(Cc3ccccc3-n3cccn3)C(=O)OC(C)(C)C)nc(Br)nc12.CC(C)c1cnn2c(NCc3ccccc3-n3cccn3)nc(Br)nc12.CC[CH-]I.[CH2-]CC.[V].[V]. The van der Waals surface area contributed by atoms with Crippen LogP contribution in [0.3, 0.4) is 0 Å². The first-order chi connectivity index (χ1) is 31.6. The van der Waals surface area contributed by atoms with Gasteiger partial charge in [-0.1, -0.05) is 77.9 Å². The summed E-state index contributed by atoms with van der Waals surface area (Å²) in [7, 11) is 0. The Kier molecular flexibility index (Phi) is 23.9. The summed E-state index contributed by atoms with van der Waals surface area (Å²) in [5.74, 6) is 1.49. The summed E-state index contributed by atoms with van der Waals surface area (Å²) < 4.78 is 15.7. The third kappa shape index (κ3) is 15.7. The van der Waals surface area contributed by atoms with Crippen molar-refractivity contribution in [3.8, 4) is 11.4 Å². The number of carbonyl (C=O) groups excluding carboxylic acids is 1. The first kappa shape index (κ1) is 58.2. The molecule has 0 aliphatic rings. The van der Waals surface area contributed by atoms with Crippen molar-refractivity contribution in [3.05, 3.63) is 141 Å². The molecule has 2 radical (unpaired) electrons. The van der Waals surface area contributed by atoms with E-state index in [0.29, 0.717) is 39.5 Å². The van der Waals surface area contributed by atoms with E-state index in [1.54, 1.807) is 32.3 Å². The molecule has 16 nitrogen and oxygen atoms in total. The van der Waals surface area contributed by atoms with E-state index in [-0.39, 0.29) is 49.6 Å². The molecule has 0 aliphatic heterocycles. The zero-order valence-electron chi connectivity index (χ0n) is 39.7. The van der Waals surface area contributed by atoms with Crippen LogP contribution in [0.25, 0.3) is 22.7 Å². The number of ether oxygens (including phenoxy) is 1. The standard InChI is InChI=1S/C23H26BrN7O2.C18H18BrN7.C3H6I.C3H7.2V/c1-15(2)17-13-26-31-19(17)27-20(24)28-21(31)29(22(32)33-23(3,4)5)14-16-9-6-7-10-18(16)30-12-8-11-25-30;1-12(2)14-11-22-26-16(14)23-17(19)24-18(26)20-10-13-6-3-4-7-15(13)25-9-5-8-21-25;1-2-3-4;1-3-2;;/h6-13,15H,14H2,1-5H3;3-9,11-12H,10H2,1-2H3,(H,20,23,24);3H,2H2,1H3;1,3H2,2H3;;/q;;2*-1;;. The smallest absolute Gasteiger partial charge is 0.417 e. The number of nitrogens with zero attached hydrogens (tertiary/aromatic N) is 13. The number of para-hydroxylation sites is 2. The summed E-state index contributed by atoms with van der Waals surface area (Å²) in [6.07, 6.45) is 12.5. The Morgan fingerprint density at radius 2 is 1.24 bits per heavy atom. The Labute approximate surface area is 453 Å². The van der Waals surface area contributed by atoms with Gasteiger partial charge in [0.25, 0.3) is 0 Å². The van der Waals surface area contributed by atoms with Crippen molar-refractivity contribution in [2.45, 2.75) is 106 Å². The number of hydrogen-bond donors (Lipinski definition) is 1. The van der Waals surface area contributed by atoms with E-state index < -0.39 is 11.7 Å². The number of amides is 1. The van der Waals surface area contributed by atoms with Crippen LogP contribution in [-0.2, 0) is 54.9 Å². The van der Waals surface area contributed by atoms with Crippen molar-refractivity contribution in [2.24, 2.45) is 0 Å². The fraction of sp³-hybridized carbons (Fsp3) is 0.340. The van der Waals surface area contributed by atoms with E-state index in [9.17, 15) is 4.79 Å². The van der Waals surface area contributed by atoms with Crippen LogP contribution < -0.4 is 10.2 Å². The van der Waals surface area contributed by atoms with Crippen LogP contribution in [0.5, 0.6) is 0 Å². The molecule has 0 aliphatic carbocycles. The molecule has 0 fully saturated rings. The van der Waals surface area contributed by atoms with Gasteiger partial charge in [0.15, 0.2) is 11.3 Å². The largest absolute Gasteiger partial charge is 0.443 e. The van der Waals surface area contributed by atoms with E-state index in [4.69, 9.17) is 4.74 Å². The fourth-order valence-corrected chi connectivity index (χ4v) is 6.94. The molecule has 21 heteroatoms. The van der Waals surface area contributed by atoms with Gasteiger partial charge in [-0.05, 0) is 99.9 Å². The minimum Gasteiger partial charge on any atom is -0.443 e. The minimum atomic E-state index is -0.687. The maximum Gasteiger partial charge on any atom is 0.417 e. The molecule has 1 N–H and O–H groups in total. The molecule has 8 rings (SSSR count). The van der Waals surface area contributed by atoms with Crippen LogP contribution in [-0.4, -0.2) is 70.4 Å². The third-order valence-corrected chi connectivity index (χ3v) is 10.8. The number of fused-ring (bicyclic) bond motifs is 2. The molecule has 0 atom stereocenters. The van der Waals surface area contributed by atoms with E-state index >= 15 is 0 Å². The van der Waals surface area contributed by atoms with Gasteiger partial charge in [0, 0.05) is 79.6 Å². The monoisotopic (exact) mass is 1240 g/mol. The van der Waals surface area contributed by atoms with E-state index in [2.05, 4.69) is 152 Å². The predicted molar refractivity (Wildman–Crippen MR) is 276 cm³/mol. The van der Waals surface area contributed by atoms with Gasteiger partial charge < -0.3 is 39.6 Å². The molecule has 1 amide bonds. The molecule has 2 aromatic carbocycles. The van der Waals surface area contributed by atoms with Crippen LogP contribution in [0.4, 0.5) is 16.7 Å². The summed E-state index contributed by atoms with van der Waals surface area (Å²) in [4.78, 5) is 32.9. The number of rotatable bonds is 11. The predicted octanol–water partition coefficient (Wildman–Crippen LogP) is 12.2. The van der Waals surface area contributed by atoms with Gasteiger partial charge in [0.2, 0.25) is 21.4 Å². The van der Waals surface area contributed by atoms with Crippen molar-refractivity contribution in [2.75, 3.05) is 10.2 Å². The van der Waals surface area contributed by atoms with E-state index in [0.717, 1.165) is 45.7 Å². The summed E-state index contributed by atoms with van der Waals surface area (Å²) >= 11 is 9.04. The number of carbonyl (C=O) groups is 1. The normalized spacial score (nSPS) is 10.8. The average molecular weight is 1240 g/mol. The molecule has 0 bridgehead atoms. The van der Waals surface area contributed by atoms with Gasteiger partial charge in [0.05, 0.1) is 30.3 Å². The quantitative estimate of drug-likeness (QED) is 0.0968. The first-order valence-electron chi connectivity index (χ1n) is 21.5. The Morgan fingerprint density at radius 1 is 0.765 bits per heavy atom. The average Bonchev–Trinajstić information content (AvgIpc) is 4.13. The second kappa shape index (κ2) is 27.9. The molecule has 6 aromatic heterocycles. The second-order valence-corrected chi connectivity index (χ2v) is 18.5. The third-order valence-electron chi connectivity index (χ3n) is 9.22. The Morgan fingerprint density at radius 3 is 1.72 bits per heavy atom. The van der Waals surface area contributed by atoms with Gasteiger partial charge >= 0.3 is 6.09 Å². The minimum absolute atomic E-state index is 0. The summed E-state index contributed by atoms with van der Waals surface area (Å²) in [5.41, 5.74) is 6.66. The molecule has 68 heavy (non-hydrogen) atoms. The number of anilines is 2. The van der Waals surface area contributed by atoms with Crippen molar-refractivity contribution in [1.29, 1.82) is 0 Å². The number of halogens is 3. The first-order valence-corrected chi connectivity index (χ1v) is 24.4. The Bertz CT molecular complexity index is 2760. The summed E-state index contributed by atoms with van der Waals surface area (Å²) in [6, 6.07) is 19.6. The topological polar surface area (TPSA) is 163 Å². The number of aromatic nitrogens is 12. The van der Waals surface area contributed by atoms with Gasteiger partial charge in [-0.15, -0.1) is 0 Å². The van der Waals surface area contributed by atoms with Crippen LogP contribution >= 0.6 is 54.5 Å². The van der Waals surface area contributed by atoms with Crippen molar-refractivity contribution in [1.82, 2.24) is 58.7 Å². The number of hydrogen-bond acceptors (Lipinski definition) is 11. The van der Waals surface area contributed by atoms with Crippen molar-refractivity contribution >= 4 is 83.7 Å². The Hall–Kier alpha value is -4.11. The summed E-state index contributed by atoms with van der Waals surface area (Å²) in [5, 5.41) is 21.0. The molecule has 6 heterocycles. The van der Waals surface area contributed by atoms with Crippen LogP contribution in [0, 0.1) is 11.4 Å². The maximum atomic E-state index is 13.4. The molecular formula is C47H57Br2IN14O2V2-2. The second-order valence-electron chi connectivity index (χ2n) is 16.2.